The zero-order valence-electron chi connectivity index (χ0n) is 8.61. The Morgan fingerprint density at radius 3 is 2.29 bits per heavy atom. The van der Waals surface area contributed by atoms with Crippen molar-refractivity contribution in [1.82, 2.24) is 4.90 Å². The fourth-order valence-electron chi connectivity index (χ4n) is 2.12. The van der Waals surface area contributed by atoms with E-state index in [1.165, 1.54) is 11.1 Å². The van der Waals surface area contributed by atoms with E-state index in [9.17, 15) is 5.11 Å². The Labute approximate surface area is 85.2 Å². The lowest BCUT2D eigenvalue weighted by molar-refractivity contribution is 0.118. The van der Waals surface area contributed by atoms with Crippen molar-refractivity contribution in [3.05, 3.63) is 35.4 Å². The number of nitrogens with zero attached hydrogens (tertiary/aromatic N) is 1. The van der Waals surface area contributed by atoms with Crippen molar-refractivity contribution in [2.45, 2.75) is 32.5 Å². The van der Waals surface area contributed by atoms with Crippen molar-refractivity contribution < 1.29 is 5.11 Å². The van der Waals surface area contributed by atoms with E-state index in [0.717, 1.165) is 19.5 Å². The summed E-state index contributed by atoms with van der Waals surface area (Å²) < 4.78 is 0. The standard InChI is InChI=1S/C12H17NO/c1-2-12(9-14)13-7-10-5-3-4-6-11(10)8-13/h3-6,12,14H,2,7-9H2,1H3/t12-/m0/s1. The number of benzene rings is 1. The van der Waals surface area contributed by atoms with E-state index in [1.807, 2.05) is 0 Å². The molecular formula is C12H17NO. The first-order valence-electron chi connectivity index (χ1n) is 5.26. The lowest BCUT2D eigenvalue weighted by atomic mass is 10.1. The lowest BCUT2D eigenvalue weighted by Crippen LogP contribution is -2.33. The van der Waals surface area contributed by atoms with Gasteiger partial charge in [0.05, 0.1) is 6.61 Å². The van der Waals surface area contributed by atoms with Gasteiger partial charge in [-0.3, -0.25) is 4.90 Å². The van der Waals surface area contributed by atoms with Gasteiger partial charge in [-0.25, -0.2) is 0 Å². The summed E-state index contributed by atoms with van der Waals surface area (Å²) in [4.78, 5) is 2.35. The highest BCUT2D eigenvalue weighted by atomic mass is 16.3. The maximum Gasteiger partial charge on any atom is 0.0587 e. The Kier molecular flexibility index (Phi) is 2.85. The third kappa shape index (κ3) is 1.68. The fraction of sp³-hybridized carbons (Fsp3) is 0.500. The first kappa shape index (κ1) is 9.69. The number of fused-ring (bicyclic) bond motifs is 1. The lowest BCUT2D eigenvalue weighted by Gasteiger charge is -2.24. The molecule has 0 radical (unpaired) electrons. The van der Waals surface area contributed by atoms with Gasteiger partial charge in [0.25, 0.3) is 0 Å². The summed E-state index contributed by atoms with van der Waals surface area (Å²) in [5.41, 5.74) is 2.83. The van der Waals surface area contributed by atoms with E-state index in [4.69, 9.17) is 0 Å². The van der Waals surface area contributed by atoms with Crippen LogP contribution in [0.15, 0.2) is 24.3 Å². The Morgan fingerprint density at radius 1 is 1.29 bits per heavy atom. The summed E-state index contributed by atoms with van der Waals surface area (Å²) in [5, 5.41) is 9.22. The summed E-state index contributed by atoms with van der Waals surface area (Å²) in [6.45, 7) is 4.39. The molecular weight excluding hydrogens is 174 g/mol. The number of rotatable bonds is 3. The number of aliphatic hydroxyl groups excluding tert-OH is 1. The monoisotopic (exact) mass is 191 g/mol. The van der Waals surface area contributed by atoms with Crippen molar-refractivity contribution in [2.24, 2.45) is 0 Å². The molecule has 0 saturated heterocycles. The average Bonchev–Trinajstić information content (AvgIpc) is 2.63. The number of hydrogen-bond donors (Lipinski definition) is 1. The Hall–Kier alpha value is -0.860. The fourth-order valence-corrected chi connectivity index (χ4v) is 2.12. The molecule has 1 aliphatic heterocycles. The van der Waals surface area contributed by atoms with E-state index in [0.29, 0.717) is 6.04 Å². The van der Waals surface area contributed by atoms with Gasteiger partial charge >= 0.3 is 0 Å². The van der Waals surface area contributed by atoms with E-state index < -0.39 is 0 Å². The first-order chi connectivity index (χ1) is 6.85. The average molecular weight is 191 g/mol. The highest BCUT2D eigenvalue weighted by Gasteiger charge is 2.23. The van der Waals surface area contributed by atoms with E-state index >= 15 is 0 Å². The van der Waals surface area contributed by atoms with Gasteiger partial charge in [0.15, 0.2) is 0 Å². The quantitative estimate of drug-likeness (QED) is 0.787. The minimum absolute atomic E-state index is 0.268. The molecule has 0 aliphatic carbocycles. The molecule has 14 heavy (non-hydrogen) atoms. The van der Waals surface area contributed by atoms with Crippen molar-refractivity contribution >= 4 is 0 Å². The maximum atomic E-state index is 9.22. The Balaban J connectivity index is 2.11. The number of hydrogen-bond acceptors (Lipinski definition) is 2. The van der Waals surface area contributed by atoms with Crippen molar-refractivity contribution in [1.29, 1.82) is 0 Å². The van der Waals surface area contributed by atoms with Gasteiger partial charge in [-0.05, 0) is 17.5 Å². The molecule has 1 N–H and O–H groups in total. The van der Waals surface area contributed by atoms with Crippen LogP contribution in [0.1, 0.15) is 24.5 Å². The van der Waals surface area contributed by atoms with Crippen LogP contribution < -0.4 is 0 Å². The predicted molar refractivity (Wildman–Crippen MR) is 56.9 cm³/mol. The van der Waals surface area contributed by atoms with Crippen LogP contribution >= 0.6 is 0 Å². The third-order valence-corrected chi connectivity index (χ3v) is 3.06. The van der Waals surface area contributed by atoms with Crippen molar-refractivity contribution in [3.63, 3.8) is 0 Å². The molecule has 0 aromatic heterocycles. The SMILES string of the molecule is CC[C@@H](CO)N1Cc2ccccc2C1. The van der Waals surface area contributed by atoms with Gasteiger partial charge in [-0.1, -0.05) is 31.2 Å². The molecule has 2 heteroatoms. The number of aliphatic hydroxyl groups is 1. The molecule has 0 unspecified atom stereocenters. The molecule has 1 atom stereocenters. The second kappa shape index (κ2) is 4.11. The molecule has 1 heterocycles. The van der Waals surface area contributed by atoms with Crippen LogP contribution in [-0.4, -0.2) is 22.7 Å². The third-order valence-electron chi connectivity index (χ3n) is 3.06. The summed E-state index contributed by atoms with van der Waals surface area (Å²) >= 11 is 0. The summed E-state index contributed by atoms with van der Waals surface area (Å²) in [5.74, 6) is 0. The minimum Gasteiger partial charge on any atom is -0.395 e. The van der Waals surface area contributed by atoms with E-state index in [1.54, 1.807) is 0 Å². The molecule has 2 nitrogen and oxygen atoms in total. The normalized spacial score (nSPS) is 18.1. The van der Waals surface area contributed by atoms with Crippen molar-refractivity contribution in [2.75, 3.05) is 6.61 Å². The first-order valence-corrected chi connectivity index (χ1v) is 5.26. The molecule has 0 saturated carbocycles. The van der Waals surface area contributed by atoms with E-state index in [-0.39, 0.29) is 6.61 Å². The van der Waals surface area contributed by atoms with Crippen LogP contribution in [0.4, 0.5) is 0 Å². The van der Waals surface area contributed by atoms with Gasteiger partial charge in [0, 0.05) is 19.1 Å². The molecule has 1 aliphatic rings. The second-order valence-electron chi connectivity index (χ2n) is 3.92. The van der Waals surface area contributed by atoms with Crippen molar-refractivity contribution in [3.8, 4) is 0 Å². The predicted octanol–water partition coefficient (Wildman–Crippen LogP) is 1.77. The molecule has 0 bridgehead atoms. The molecule has 1 aromatic rings. The molecule has 0 spiro atoms. The highest BCUT2D eigenvalue weighted by molar-refractivity contribution is 5.30. The molecule has 76 valence electrons. The molecule has 1 aromatic carbocycles. The second-order valence-corrected chi connectivity index (χ2v) is 3.92. The van der Waals surface area contributed by atoms with Gasteiger partial charge in [0.2, 0.25) is 0 Å². The minimum atomic E-state index is 0.268. The van der Waals surface area contributed by atoms with Crippen LogP contribution in [0.2, 0.25) is 0 Å². The molecule has 0 amide bonds. The molecule has 0 fully saturated rings. The van der Waals surface area contributed by atoms with Crippen LogP contribution in [0.5, 0.6) is 0 Å². The largest absolute Gasteiger partial charge is 0.395 e. The smallest absolute Gasteiger partial charge is 0.0587 e. The van der Waals surface area contributed by atoms with Crippen LogP contribution in [0, 0.1) is 0 Å². The highest BCUT2D eigenvalue weighted by Crippen LogP contribution is 2.24. The topological polar surface area (TPSA) is 23.5 Å². The maximum absolute atomic E-state index is 9.22. The van der Waals surface area contributed by atoms with E-state index in [2.05, 4.69) is 36.1 Å². The Bertz CT molecular complexity index is 282. The van der Waals surface area contributed by atoms with Crippen LogP contribution in [0.25, 0.3) is 0 Å². The van der Waals surface area contributed by atoms with Gasteiger partial charge < -0.3 is 5.11 Å². The van der Waals surface area contributed by atoms with Crippen LogP contribution in [0.3, 0.4) is 0 Å². The van der Waals surface area contributed by atoms with Gasteiger partial charge in [-0.2, -0.15) is 0 Å². The summed E-state index contributed by atoms with van der Waals surface area (Å²) in [6.07, 6.45) is 1.02. The summed E-state index contributed by atoms with van der Waals surface area (Å²) in [6, 6.07) is 8.85. The van der Waals surface area contributed by atoms with Crippen LogP contribution in [-0.2, 0) is 13.1 Å². The molecule has 2 rings (SSSR count). The zero-order valence-corrected chi connectivity index (χ0v) is 8.61. The van der Waals surface area contributed by atoms with Gasteiger partial charge in [-0.15, -0.1) is 0 Å². The summed E-state index contributed by atoms with van der Waals surface area (Å²) in [7, 11) is 0. The Morgan fingerprint density at radius 2 is 1.86 bits per heavy atom. The zero-order chi connectivity index (χ0) is 9.97. The van der Waals surface area contributed by atoms with Gasteiger partial charge in [0.1, 0.15) is 0 Å².